The lowest BCUT2D eigenvalue weighted by atomic mass is 10.1. The minimum atomic E-state index is 0.732. The van der Waals surface area contributed by atoms with Gasteiger partial charge >= 0.3 is 0 Å². The minimum absolute atomic E-state index is 0.732. The van der Waals surface area contributed by atoms with Crippen LogP contribution in [0.2, 0.25) is 0 Å². The SMILES string of the molecule is CCCn1c(CCc2cccc(C)c2)n[nH]c1=S. The van der Waals surface area contributed by atoms with E-state index in [2.05, 4.69) is 52.9 Å². The summed E-state index contributed by atoms with van der Waals surface area (Å²) in [5, 5.41) is 7.20. The lowest BCUT2D eigenvalue weighted by Crippen LogP contribution is -2.05. The molecule has 1 heterocycles. The molecule has 1 aromatic heterocycles. The molecular formula is C14H19N3S. The Labute approximate surface area is 113 Å². The normalized spacial score (nSPS) is 10.8. The van der Waals surface area contributed by atoms with Crippen LogP contribution in [0.3, 0.4) is 0 Å². The number of benzene rings is 1. The van der Waals surface area contributed by atoms with E-state index in [1.54, 1.807) is 0 Å². The summed E-state index contributed by atoms with van der Waals surface area (Å²) in [5.41, 5.74) is 2.66. The van der Waals surface area contributed by atoms with Gasteiger partial charge in [-0.15, -0.1) is 0 Å². The van der Waals surface area contributed by atoms with Crippen LogP contribution in [0.25, 0.3) is 0 Å². The predicted molar refractivity (Wildman–Crippen MR) is 76.3 cm³/mol. The van der Waals surface area contributed by atoms with Crippen LogP contribution in [0.1, 0.15) is 30.3 Å². The van der Waals surface area contributed by atoms with E-state index in [1.807, 2.05) is 0 Å². The molecule has 0 saturated carbocycles. The van der Waals surface area contributed by atoms with Crippen LogP contribution in [0.15, 0.2) is 24.3 Å². The Morgan fingerprint density at radius 2 is 2.17 bits per heavy atom. The van der Waals surface area contributed by atoms with Gasteiger partial charge in [0.2, 0.25) is 0 Å². The zero-order chi connectivity index (χ0) is 13.0. The molecule has 0 saturated heterocycles. The second kappa shape index (κ2) is 5.96. The zero-order valence-corrected chi connectivity index (χ0v) is 11.8. The number of rotatable bonds is 5. The topological polar surface area (TPSA) is 33.6 Å². The first-order valence-corrected chi connectivity index (χ1v) is 6.81. The quantitative estimate of drug-likeness (QED) is 0.836. The maximum absolute atomic E-state index is 5.23. The Morgan fingerprint density at radius 3 is 2.89 bits per heavy atom. The van der Waals surface area contributed by atoms with Crippen LogP contribution in [0.4, 0.5) is 0 Å². The molecule has 0 aliphatic carbocycles. The molecule has 0 unspecified atom stereocenters. The largest absolute Gasteiger partial charge is 0.304 e. The van der Waals surface area contributed by atoms with E-state index in [-0.39, 0.29) is 0 Å². The molecule has 0 radical (unpaired) electrons. The Kier molecular flexibility index (Phi) is 4.31. The number of nitrogens with zero attached hydrogens (tertiary/aromatic N) is 2. The molecule has 1 N–H and O–H groups in total. The summed E-state index contributed by atoms with van der Waals surface area (Å²) in [5.74, 6) is 1.06. The van der Waals surface area contributed by atoms with Gasteiger partial charge in [0.05, 0.1) is 0 Å². The molecule has 0 fully saturated rings. The number of aromatic nitrogens is 3. The number of hydrogen-bond acceptors (Lipinski definition) is 2. The summed E-state index contributed by atoms with van der Waals surface area (Å²) >= 11 is 5.23. The summed E-state index contributed by atoms with van der Waals surface area (Å²) < 4.78 is 2.83. The van der Waals surface area contributed by atoms with Gasteiger partial charge in [0.15, 0.2) is 4.77 Å². The zero-order valence-electron chi connectivity index (χ0n) is 10.9. The van der Waals surface area contributed by atoms with Gasteiger partial charge in [-0.1, -0.05) is 36.8 Å². The van der Waals surface area contributed by atoms with E-state index in [0.29, 0.717) is 0 Å². The minimum Gasteiger partial charge on any atom is -0.304 e. The third-order valence-corrected chi connectivity index (χ3v) is 3.32. The second-order valence-corrected chi connectivity index (χ2v) is 4.97. The number of aromatic amines is 1. The number of hydrogen-bond donors (Lipinski definition) is 1. The van der Waals surface area contributed by atoms with E-state index < -0.39 is 0 Å². The number of aryl methyl sites for hydroxylation is 3. The molecule has 0 bridgehead atoms. The van der Waals surface area contributed by atoms with Crippen molar-refractivity contribution < 1.29 is 0 Å². The number of H-pyrrole nitrogens is 1. The fraction of sp³-hybridized carbons (Fsp3) is 0.429. The highest BCUT2D eigenvalue weighted by atomic mass is 32.1. The fourth-order valence-electron chi connectivity index (χ4n) is 2.12. The lowest BCUT2D eigenvalue weighted by molar-refractivity contribution is 0.627. The van der Waals surface area contributed by atoms with E-state index in [0.717, 1.165) is 36.4 Å². The summed E-state index contributed by atoms with van der Waals surface area (Å²) in [6.45, 7) is 5.22. The van der Waals surface area contributed by atoms with Gasteiger partial charge in [0.1, 0.15) is 5.82 Å². The third-order valence-electron chi connectivity index (χ3n) is 3.00. The highest BCUT2D eigenvalue weighted by Gasteiger charge is 2.05. The maximum atomic E-state index is 5.23. The predicted octanol–water partition coefficient (Wildman–Crippen LogP) is 3.44. The Bertz CT molecular complexity index is 568. The van der Waals surface area contributed by atoms with Gasteiger partial charge in [-0.2, -0.15) is 5.10 Å². The maximum Gasteiger partial charge on any atom is 0.195 e. The van der Waals surface area contributed by atoms with Gasteiger partial charge in [0.25, 0.3) is 0 Å². The highest BCUT2D eigenvalue weighted by molar-refractivity contribution is 7.71. The Hall–Kier alpha value is -1.42. The second-order valence-electron chi connectivity index (χ2n) is 4.59. The average molecular weight is 261 g/mol. The van der Waals surface area contributed by atoms with Crippen molar-refractivity contribution in [3.63, 3.8) is 0 Å². The lowest BCUT2D eigenvalue weighted by Gasteiger charge is -2.05. The highest BCUT2D eigenvalue weighted by Crippen LogP contribution is 2.09. The molecule has 0 atom stereocenters. The Balaban J connectivity index is 2.08. The third kappa shape index (κ3) is 3.07. The first-order chi connectivity index (χ1) is 8.70. The molecule has 18 heavy (non-hydrogen) atoms. The van der Waals surface area contributed by atoms with Crippen LogP contribution >= 0.6 is 12.2 Å². The average Bonchev–Trinajstić information content (AvgIpc) is 2.69. The van der Waals surface area contributed by atoms with E-state index in [1.165, 1.54) is 11.1 Å². The van der Waals surface area contributed by atoms with Crippen molar-refractivity contribution in [2.75, 3.05) is 0 Å². The van der Waals surface area contributed by atoms with Crippen molar-refractivity contribution in [3.05, 3.63) is 46.0 Å². The van der Waals surface area contributed by atoms with Crippen molar-refractivity contribution in [1.82, 2.24) is 14.8 Å². The van der Waals surface area contributed by atoms with E-state index in [4.69, 9.17) is 12.2 Å². The molecular weight excluding hydrogens is 242 g/mol. The van der Waals surface area contributed by atoms with Crippen molar-refractivity contribution in [2.24, 2.45) is 0 Å². The van der Waals surface area contributed by atoms with Crippen molar-refractivity contribution in [2.45, 2.75) is 39.7 Å². The van der Waals surface area contributed by atoms with Gasteiger partial charge in [-0.3, -0.25) is 5.10 Å². The molecule has 96 valence electrons. The van der Waals surface area contributed by atoms with Crippen LogP contribution < -0.4 is 0 Å². The molecule has 0 spiro atoms. The van der Waals surface area contributed by atoms with Crippen LogP contribution in [0, 0.1) is 11.7 Å². The molecule has 3 nitrogen and oxygen atoms in total. The van der Waals surface area contributed by atoms with Gasteiger partial charge in [-0.25, -0.2) is 0 Å². The fourth-order valence-corrected chi connectivity index (χ4v) is 2.36. The van der Waals surface area contributed by atoms with Gasteiger partial charge < -0.3 is 4.57 Å². The first-order valence-electron chi connectivity index (χ1n) is 6.40. The molecule has 0 amide bonds. The number of nitrogens with one attached hydrogen (secondary N) is 1. The summed E-state index contributed by atoms with van der Waals surface area (Å²) in [6, 6.07) is 8.62. The van der Waals surface area contributed by atoms with Gasteiger partial charge in [-0.05, 0) is 37.5 Å². The molecule has 2 aromatic rings. The molecule has 4 heteroatoms. The van der Waals surface area contributed by atoms with Crippen molar-refractivity contribution >= 4 is 12.2 Å². The van der Waals surface area contributed by atoms with Crippen molar-refractivity contribution in [1.29, 1.82) is 0 Å². The van der Waals surface area contributed by atoms with Gasteiger partial charge in [0, 0.05) is 13.0 Å². The smallest absolute Gasteiger partial charge is 0.195 e. The molecule has 2 rings (SSSR count). The monoisotopic (exact) mass is 261 g/mol. The summed E-state index contributed by atoms with van der Waals surface area (Å²) in [7, 11) is 0. The standard InChI is InChI=1S/C14H19N3S/c1-3-9-17-13(15-16-14(17)18)8-7-12-6-4-5-11(2)10-12/h4-6,10H,3,7-9H2,1-2H3,(H,16,18). The Morgan fingerprint density at radius 1 is 1.33 bits per heavy atom. The summed E-state index contributed by atoms with van der Waals surface area (Å²) in [6.07, 6.45) is 3.01. The van der Waals surface area contributed by atoms with Crippen molar-refractivity contribution in [3.8, 4) is 0 Å². The summed E-state index contributed by atoms with van der Waals surface area (Å²) in [4.78, 5) is 0. The molecule has 0 aliphatic rings. The van der Waals surface area contributed by atoms with E-state index in [9.17, 15) is 0 Å². The van der Waals surface area contributed by atoms with Crippen LogP contribution in [0.5, 0.6) is 0 Å². The molecule has 0 aliphatic heterocycles. The first kappa shape index (κ1) is 13.0. The molecule has 1 aromatic carbocycles. The van der Waals surface area contributed by atoms with E-state index >= 15 is 0 Å². The van der Waals surface area contributed by atoms with Crippen LogP contribution in [-0.4, -0.2) is 14.8 Å². The van der Waals surface area contributed by atoms with Crippen LogP contribution in [-0.2, 0) is 19.4 Å².